The Morgan fingerprint density at radius 2 is 1.74 bits per heavy atom. The molecule has 0 saturated heterocycles. The fourth-order valence-electron chi connectivity index (χ4n) is 2.93. The van der Waals surface area contributed by atoms with E-state index in [0.717, 1.165) is 28.4 Å². The van der Waals surface area contributed by atoms with Gasteiger partial charge in [0.2, 0.25) is 0 Å². The summed E-state index contributed by atoms with van der Waals surface area (Å²) >= 11 is 0. The predicted octanol–water partition coefficient (Wildman–Crippen LogP) is 4.93. The summed E-state index contributed by atoms with van der Waals surface area (Å²) in [7, 11) is 1.81. The number of nitro groups is 1. The zero-order chi connectivity index (χ0) is 19.4. The number of nitrogens with zero attached hydrogens (tertiary/aromatic N) is 1. The minimum absolute atomic E-state index is 0.0875. The Morgan fingerprint density at radius 3 is 2.33 bits per heavy atom. The molecule has 0 aliphatic rings. The van der Waals surface area contributed by atoms with Crippen molar-refractivity contribution < 1.29 is 19.2 Å². The average Bonchev–Trinajstić information content (AvgIpc) is 2.68. The number of hydrogen-bond donors (Lipinski definition) is 1. The van der Waals surface area contributed by atoms with Gasteiger partial charge in [-0.3, -0.25) is 10.1 Å². The van der Waals surface area contributed by atoms with Crippen molar-refractivity contribution in [2.75, 3.05) is 12.4 Å². The molecule has 0 spiro atoms. The van der Waals surface area contributed by atoms with Crippen LogP contribution < -0.4 is 14.8 Å². The molecule has 1 N–H and O–H groups in total. The SMILES string of the molecule is CCc1c(NC)cc(OC(=O)Oc2ccc([N+](=O)[O-])cc2)c2ccccc12. The van der Waals surface area contributed by atoms with E-state index in [0.29, 0.717) is 5.75 Å². The van der Waals surface area contributed by atoms with Gasteiger partial charge in [0.25, 0.3) is 5.69 Å². The van der Waals surface area contributed by atoms with Crippen molar-refractivity contribution in [3.63, 3.8) is 0 Å². The summed E-state index contributed by atoms with van der Waals surface area (Å²) in [6.07, 6.45) is -0.0928. The molecule has 0 amide bonds. The fraction of sp³-hybridized carbons (Fsp3) is 0.150. The van der Waals surface area contributed by atoms with Gasteiger partial charge in [0.1, 0.15) is 11.5 Å². The van der Waals surface area contributed by atoms with Crippen LogP contribution >= 0.6 is 0 Å². The molecule has 0 radical (unpaired) electrons. The number of aryl methyl sites for hydroxylation is 1. The Bertz CT molecular complexity index is 999. The third-order valence-corrected chi connectivity index (χ3v) is 4.18. The summed E-state index contributed by atoms with van der Waals surface area (Å²) in [5, 5.41) is 15.6. The molecule has 7 heteroatoms. The maximum Gasteiger partial charge on any atom is 0.519 e. The van der Waals surface area contributed by atoms with E-state index in [1.54, 1.807) is 6.07 Å². The highest BCUT2D eigenvalue weighted by Gasteiger charge is 2.16. The Hall–Kier alpha value is -3.61. The number of hydrogen-bond acceptors (Lipinski definition) is 6. The largest absolute Gasteiger partial charge is 0.519 e. The van der Waals surface area contributed by atoms with Crippen LogP contribution in [0.25, 0.3) is 10.8 Å². The number of non-ortho nitro benzene ring substituents is 1. The van der Waals surface area contributed by atoms with Gasteiger partial charge in [0.15, 0.2) is 0 Å². The summed E-state index contributed by atoms with van der Waals surface area (Å²) in [4.78, 5) is 22.4. The molecule has 0 aromatic heterocycles. The van der Waals surface area contributed by atoms with E-state index in [4.69, 9.17) is 9.47 Å². The summed E-state index contributed by atoms with van der Waals surface area (Å²) in [5.41, 5.74) is 1.91. The van der Waals surface area contributed by atoms with Crippen LogP contribution in [-0.2, 0) is 6.42 Å². The lowest BCUT2D eigenvalue weighted by Gasteiger charge is -2.15. The zero-order valence-corrected chi connectivity index (χ0v) is 14.9. The predicted molar refractivity (Wildman–Crippen MR) is 103 cm³/mol. The first-order valence-corrected chi connectivity index (χ1v) is 8.40. The van der Waals surface area contributed by atoms with Crippen LogP contribution in [0, 0.1) is 10.1 Å². The summed E-state index contributed by atoms with van der Waals surface area (Å²) in [5.74, 6) is 0.535. The van der Waals surface area contributed by atoms with Crippen LogP contribution in [0.5, 0.6) is 11.5 Å². The molecule has 0 bridgehead atoms. The van der Waals surface area contributed by atoms with Gasteiger partial charge >= 0.3 is 6.16 Å². The number of nitro benzene ring substituents is 1. The van der Waals surface area contributed by atoms with E-state index in [1.165, 1.54) is 24.3 Å². The number of carbonyl (C=O) groups excluding carboxylic acids is 1. The molecule has 0 heterocycles. The number of fused-ring (bicyclic) bond motifs is 1. The summed E-state index contributed by atoms with van der Waals surface area (Å²) in [6.45, 7) is 2.06. The van der Waals surface area contributed by atoms with Crippen LogP contribution in [0.3, 0.4) is 0 Å². The molecule has 0 fully saturated rings. The Labute approximate surface area is 155 Å². The molecular weight excluding hydrogens is 348 g/mol. The summed E-state index contributed by atoms with van der Waals surface area (Å²) < 4.78 is 10.5. The topological polar surface area (TPSA) is 90.7 Å². The molecule has 0 saturated carbocycles. The van der Waals surface area contributed by atoms with E-state index < -0.39 is 11.1 Å². The zero-order valence-electron chi connectivity index (χ0n) is 14.9. The van der Waals surface area contributed by atoms with Crippen molar-refractivity contribution in [2.45, 2.75) is 13.3 Å². The molecule has 27 heavy (non-hydrogen) atoms. The number of rotatable bonds is 5. The first-order valence-electron chi connectivity index (χ1n) is 8.40. The number of ether oxygens (including phenoxy) is 2. The molecular formula is C20H18N2O5. The smallest absolute Gasteiger partial charge is 0.395 e. The lowest BCUT2D eigenvalue weighted by atomic mass is 10.00. The van der Waals surface area contributed by atoms with Gasteiger partial charge in [0.05, 0.1) is 4.92 Å². The number of anilines is 1. The van der Waals surface area contributed by atoms with Crippen LogP contribution in [-0.4, -0.2) is 18.1 Å². The normalized spacial score (nSPS) is 10.4. The van der Waals surface area contributed by atoms with Crippen LogP contribution in [0.15, 0.2) is 54.6 Å². The van der Waals surface area contributed by atoms with Crippen molar-refractivity contribution in [1.82, 2.24) is 0 Å². The molecule has 0 aliphatic carbocycles. The third-order valence-electron chi connectivity index (χ3n) is 4.18. The molecule has 3 aromatic rings. The van der Waals surface area contributed by atoms with Crippen LogP contribution in [0.2, 0.25) is 0 Å². The first kappa shape index (κ1) is 18.2. The molecule has 138 valence electrons. The molecule has 7 nitrogen and oxygen atoms in total. The van der Waals surface area contributed by atoms with E-state index in [2.05, 4.69) is 12.2 Å². The van der Waals surface area contributed by atoms with Crippen LogP contribution in [0.1, 0.15) is 12.5 Å². The van der Waals surface area contributed by atoms with E-state index >= 15 is 0 Å². The molecule has 0 unspecified atom stereocenters. The van der Waals surface area contributed by atoms with Gasteiger partial charge in [-0.05, 0) is 29.5 Å². The maximum absolute atomic E-state index is 12.2. The first-order chi connectivity index (χ1) is 13.0. The van der Waals surface area contributed by atoms with Gasteiger partial charge < -0.3 is 14.8 Å². The third kappa shape index (κ3) is 3.82. The molecule has 0 aliphatic heterocycles. The lowest BCUT2D eigenvalue weighted by Crippen LogP contribution is -2.14. The van der Waals surface area contributed by atoms with Gasteiger partial charge in [-0.15, -0.1) is 0 Å². The average molecular weight is 366 g/mol. The highest BCUT2D eigenvalue weighted by molar-refractivity contribution is 5.96. The second-order valence-electron chi connectivity index (χ2n) is 5.76. The maximum atomic E-state index is 12.2. The van der Waals surface area contributed by atoms with Crippen molar-refractivity contribution >= 4 is 28.3 Å². The number of nitrogens with one attached hydrogen (secondary N) is 1. The van der Waals surface area contributed by atoms with Crippen molar-refractivity contribution in [1.29, 1.82) is 0 Å². The molecule has 3 aromatic carbocycles. The van der Waals surface area contributed by atoms with E-state index in [1.807, 2.05) is 31.3 Å². The van der Waals surface area contributed by atoms with Crippen molar-refractivity contribution in [2.24, 2.45) is 0 Å². The van der Waals surface area contributed by atoms with Gasteiger partial charge in [0, 0.05) is 36.3 Å². The highest BCUT2D eigenvalue weighted by Crippen LogP contribution is 2.35. The Morgan fingerprint density at radius 1 is 1.07 bits per heavy atom. The summed E-state index contributed by atoms with van der Waals surface area (Å²) in [6, 6.07) is 14.6. The molecule has 3 rings (SSSR count). The van der Waals surface area contributed by atoms with E-state index in [-0.39, 0.29) is 11.4 Å². The monoisotopic (exact) mass is 366 g/mol. The van der Waals surface area contributed by atoms with Crippen molar-refractivity contribution in [3.8, 4) is 11.5 Å². The lowest BCUT2D eigenvalue weighted by molar-refractivity contribution is -0.384. The number of carbonyl (C=O) groups is 1. The van der Waals surface area contributed by atoms with Crippen molar-refractivity contribution in [3.05, 3.63) is 70.3 Å². The number of benzene rings is 3. The van der Waals surface area contributed by atoms with Gasteiger partial charge in [-0.2, -0.15) is 0 Å². The Balaban J connectivity index is 1.87. The van der Waals surface area contributed by atoms with Crippen LogP contribution in [0.4, 0.5) is 16.2 Å². The van der Waals surface area contributed by atoms with Gasteiger partial charge in [-0.1, -0.05) is 31.2 Å². The second-order valence-corrected chi connectivity index (χ2v) is 5.76. The van der Waals surface area contributed by atoms with Gasteiger partial charge in [-0.25, -0.2) is 4.79 Å². The second kappa shape index (κ2) is 7.74. The Kier molecular flexibility index (Phi) is 5.21. The minimum atomic E-state index is -0.916. The fourth-order valence-corrected chi connectivity index (χ4v) is 2.93. The standard InChI is InChI=1S/C20H18N2O5/c1-3-15-16-6-4-5-7-17(16)19(12-18(15)21-2)27-20(23)26-14-10-8-13(9-11-14)22(24)25/h4-12,21H,3H2,1-2H3. The highest BCUT2D eigenvalue weighted by atomic mass is 16.7. The van der Waals surface area contributed by atoms with E-state index in [9.17, 15) is 14.9 Å². The minimum Gasteiger partial charge on any atom is -0.395 e. The molecule has 0 atom stereocenters. The quantitative estimate of drug-likeness (QED) is 0.298.